The molecule has 1 heterocycles. The predicted octanol–water partition coefficient (Wildman–Crippen LogP) is 4.39. The van der Waals surface area contributed by atoms with Crippen molar-refractivity contribution < 1.29 is 4.79 Å². The molecule has 2 aromatic carbocycles. The average Bonchev–Trinajstić information content (AvgIpc) is 2.88. The van der Waals surface area contributed by atoms with Crippen LogP contribution in [0.3, 0.4) is 0 Å². The summed E-state index contributed by atoms with van der Waals surface area (Å²) in [4.78, 5) is 12.0. The van der Waals surface area contributed by atoms with Gasteiger partial charge < -0.3 is 0 Å². The summed E-state index contributed by atoms with van der Waals surface area (Å²) < 4.78 is 2.65. The number of aromatic nitrogens is 2. The van der Waals surface area contributed by atoms with Gasteiger partial charge in [0.1, 0.15) is 5.70 Å². The molecule has 104 valence electrons. The Balaban J connectivity index is 2.19. The molecule has 0 aliphatic heterocycles. The third kappa shape index (κ3) is 2.81. The van der Waals surface area contributed by atoms with Gasteiger partial charge in [-0.15, -0.1) is 0 Å². The number of hydrogen-bond donors (Lipinski definition) is 0. The summed E-state index contributed by atoms with van der Waals surface area (Å²) >= 11 is 3.46. The molecule has 0 bridgehead atoms. The van der Waals surface area contributed by atoms with Gasteiger partial charge in [0.25, 0.3) is 0 Å². The number of benzene rings is 2. The van der Waals surface area contributed by atoms with Crippen LogP contribution in [0, 0.1) is 0 Å². The van der Waals surface area contributed by atoms with Gasteiger partial charge in [0.15, 0.2) is 5.78 Å². The van der Waals surface area contributed by atoms with Gasteiger partial charge >= 0.3 is 0 Å². The Morgan fingerprint density at radius 2 is 1.95 bits per heavy atom. The van der Waals surface area contributed by atoms with Crippen molar-refractivity contribution in [3.05, 3.63) is 64.8 Å². The molecular weight excluding hydrogens is 328 g/mol. The van der Waals surface area contributed by atoms with Crippen LogP contribution in [-0.4, -0.2) is 15.6 Å². The lowest BCUT2D eigenvalue weighted by Gasteiger charge is -2.06. The fraction of sp³-hybridized carbons (Fsp3) is 0.0588. The topological polar surface area (TPSA) is 34.9 Å². The highest BCUT2D eigenvalue weighted by molar-refractivity contribution is 9.10. The molecule has 3 rings (SSSR count). The standard InChI is InChI=1S/C17H13BrN2O/c1-12(21)16(9-13-5-3-2-4-6-13)20-17-10-15(18)8-7-14(17)11-19-20/h2-11H,1H3/b16-9-. The summed E-state index contributed by atoms with van der Waals surface area (Å²) in [6, 6.07) is 15.7. The Bertz CT molecular complexity index is 834. The fourth-order valence-electron chi connectivity index (χ4n) is 2.20. The number of rotatable bonds is 3. The van der Waals surface area contributed by atoms with Crippen molar-refractivity contribution in [2.24, 2.45) is 0 Å². The summed E-state index contributed by atoms with van der Waals surface area (Å²) in [5.74, 6) is -0.0242. The van der Waals surface area contributed by atoms with Crippen molar-refractivity contribution in [3.63, 3.8) is 0 Å². The van der Waals surface area contributed by atoms with Crippen LogP contribution in [0.25, 0.3) is 22.7 Å². The largest absolute Gasteiger partial charge is 0.293 e. The number of ketones is 1. The first-order valence-corrected chi connectivity index (χ1v) is 7.36. The minimum Gasteiger partial charge on any atom is -0.293 e. The van der Waals surface area contributed by atoms with E-state index in [1.807, 2.05) is 54.6 Å². The van der Waals surface area contributed by atoms with Crippen molar-refractivity contribution in [2.75, 3.05) is 0 Å². The Morgan fingerprint density at radius 1 is 1.19 bits per heavy atom. The van der Waals surface area contributed by atoms with Crippen molar-refractivity contribution in [3.8, 4) is 0 Å². The van der Waals surface area contributed by atoms with E-state index in [1.165, 1.54) is 0 Å². The highest BCUT2D eigenvalue weighted by Gasteiger charge is 2.12. The molecule has 0 saturated heterocycles. The van der Waals surface area contributed by atoms with Crippen LogP contribution in [0.5, 0.6) is 0 Å². The quantitative estimate of drug-likeness (QED) is 0.663. The molecule has 0 N–H and O–H groups in total. The van der Waals surface area contributed by atoms with Crippen LogP contribution < -0.4 is 0 Å². The van der Waals surface area contributed by atoms with Gasteiger partial charge in [-0.25, -0.2) is 4.68 Å². The molecule has 4 heteroatoms. The van der Waals surface area contributed by atoms with Crippen molar-refractivity contribution in [1.82, 2.24) is 9.78 Å². The second-order valence-corrected chi connectivity index (χ2v) is 5.67. The van der Waals surface area contributed by atoms with Gasteiger partial charge in [-0.05, 0) is 23.8 Å². The van der Waals surface area contributed by atoms with Crippen LogP contribution >= 0.6 is 15.9 Å². The summed E-state index contributed by atoms with van der Waals surface area (Å²) in [6.07, 6.45) is 3.62. The lowest BCUT2D eigenvalue weighted by Crippen LogP contribution is -2.06. The van der Waals surface area contributed by atoms with Gasteiger partial charge in [0, 0.05) is 16.8 Å². The van der Waals surface area contributed by atoms with E-state index < -0.39 is 0 Å². The summed E-state index contributed by atoms with van der Waals surface area (Å²) in [5.41, 5.74) is 2.43. The van der Waals surface area contributed by atoms with Crippen LogP contribution in [0.4, 0.5) is 0 Å². The second-order valence-electron chi connectivity index (χ2n) is 4.76. The fourth-order valence-corrected chi connectivity index (χ4v) is 2.55. The van der Waals surface area contributed by atoms with Crippen LogP contribution in [-0.2, 0) is 4.79 Å². The van der Waals surface area contributed by atoms with Gasteiger partial charge in [0.2, 0.25) is 0 Å². The molecule has 3 aromatic rings. The lowest BCUT2D eigenvalue weighted by atomic mass is 10.1. The number of Topliss-reactive ketones (excluding diaryl/α,β-unsaturated/α-hetero) is 1. The van der Waals surface area contributed by atoms with Gasteiger partial charge in [0.05, 0.1) is 11.7 Å². The van der Waals surface area contributed by atoms with E-state index in [2.05, 4.69) is 21.0 Å². The maximum absolute atomic E-state index is 12.0. The SMILES string of the molecule is CC(=O)/C(=C/c1ccccc1)n1ncc2ccc(Br)cc21. The monoisotopic (exact) mass is 340 g/mol. The van der Waals surface area contributed by atoms with Crippen LogP contribution in [0.1, 0.15) is 12.5 Å². The van der Waals surface area contributed by atoms with E-state index in [1.54, 1.807) is 17.8 Å². The molecule has 0 amide bonds. The third-order valence-electron chi connectivity index (χ3n) is 3.22. The van der Waals surface area contributed by atoms with Crippen molar-refractivity contribution in [2.45, 2.75) is 6.92 Å². The number of hydrogen-bond acceptors (Lipinski definition) is 2. The first kappa shape index (κ1) is 13.8. The van der Waals surface area contributed by atoms with E-state index in [9.17, 15) is 4.79 Å². The van der Waals surface area contributed by atoms with E-state index in [0.29, 0.717) is 5.70 Å². The Morgan fingerprint density at radius 3 is 2.67 bits per heavy atom. The van der Waals surface area contributed by atoms with Gasteiger partial charge in [-0.3, -0.25) is 4.79 Å². The Hall–Kier alpha value is -2.20. The zero-order valence-electron chi connectivity index (χ0n) is 11.5. The maximum Gasteiger partial charge on any atom is 0.178 e. The molecule has 0 radical (unpaired) electrons. The number of fused-ring (bicyclic) bond motifs is 1. The molecule has 21 heavy (non-hydrogen) atoms. The van der Waals surface area contributed by atoms with Crippen LogP contribution in [0.2, 0.25) is 0 Å². The normalized spacial score (nSPS) is 11.8. The molecule has 3 nitrogen and oxygen atoms in total. The highest BCUT2D eigenvalue weighted by atomic mass is 79.9. The lowest BCUT2D eigenvalue weighted by molar-refractivity contribution is -0.112. The first-order chi connectivity index (χ1) is 10.1. The minimum absolute atomic E-state index is 0.0242. The van der Waals surface area contributed by atoms with Crippen molar-refractivity contribution >= 4 is 44.4 Å². The number of carbonyl (C=O) groups excluding carboxylic acids is 1. The smallest absolute Gasteiger partial charge is 0.178 e. The maximum atomic E-state index is 12.0. The number of carbonyl (C=O) groups is 1. The number of nitrogens with zero attached hydrogens (tertiary/aromatic N) is 2. The molecule has 0 aliphatic carbocycles. The molecule has 1 aromatic heterocycles. The molecular formula is C17H13BrN2O. The zero-order valence-corrected chi connectivity index (χ0v) is 13.0. The molecule has 0 fully saturated rings. The van der Waals surface area contributed by atoms with E-state index in [4.69, 9.17) is 0 Å². The molecule has 0 unspecified atom stereocenters. The highest BCUT2D eigenvalue weighted by Crippen LogP contribution is 2.23. The molecule has 0 spiro atoms. The second kappa shape index (κ2) is 5.66. The first-order valence-electron chi connectivity index (χ1n) is 6.56. The Kier molecular flexibility index (Phi) is 3.71. The minimum atomic E-state index is -0.0242. The van der Waals surface area contributed by atoms with Crippen molar-refractivity contribution in [1.29, 1.82) is 0 Å². The summed E-state index contributed by atoms with van der Waals surface area (Å²) in [6.45, 7) is 1.56. The average molecular weight is 341 g/mol. The van der Waals surface area contributed by atoms with E-state index in [-0.39, 0.29) is 5.78 Å². The summed E-state index contributed by atoms with van der Waals surface area (Å²) in [5, 5.41) is 5.36. The third-order valence-corrected chi connectivity index (χ3v) is 3.72. The number of allylic oxidation sites excluding steroid dienone is 1. The molecule has 0 saturated carbocycles. The van der Waals surface area contributed by atoms with E-state index in [0.717, 1.165) is 20.9 Å². The van der Waals surface area contributed by atoms with Gasteiger partial charge in [-0.2, -0.15) is 5.10 Å². The number of halogens is 1. The van der Waals surface area contributed by atoms with Crippen LogP contribution in [0.15, 0.2) is 59.2 Å². The molecule has 0 aliphatic rings. The predicted molar refractivity (Wildman–Crippen MR) is 88.7 cm³/mol. The van der Waals surface area contributed by atoms with E-state index >= 15 is 0 Å². The van der Waals surface area contributed by atoms with Gasteiger partial charge in [-0.1, -0.05) is 52.3 Å². The Labute approximate surface area is 131 Å². The molecule has 0 atom stereocenters. The summed E-state index contributed by atoms with van der Waals surface area (Å²) in [7, 11) is 0. The zero-order chi connectivity index (χ0) is 14.8.